The van der Waals surface area contributed by atoms with Gasteiger partial charge in [0.2, 0.25) is 0 Å². The predicted octanol–water partition coefficient (Wildman–Crippen LogP) is 3.87. The zero-order valence-corrected chi connectivity index (χ0v) is 19.5. The summed E-state index contributed by atoms with van der Waals surface area (Å²) in [4.78, 5) is 14.1. The summed E-state index contributed by atoms with van der Waals surface area (Å²) in [6.07, 6.45) is 4.16. The summed E-state index contributed by atoms with van der Waals surface area (Å²) in [5, 5.41) is 12.1. The number of imidazole rings is 1. The van der Waals surface area contributed by atoms with Crippen molar-refractivity contribution in [2.24, 2.45) is 0 Å². The first-order valence-corrected chi connectivity index (χ1v) is 11.5. The van der Waals surface area contributed by atoms with Crippen LogP contribution >= 0.6 is 0 Å². The molecule has 0 spiro atoms. The van der Waals surface area contributed by atoms with Crippen LogP contribution in [0.15, 0.2) is 54.9 Å². The quantitative estimate of drug-likeness (QED) is 0.486. The van der Waals surface area contributed by atoms with Gasteiger partial charge in [-0.05, 0) is 63.7 Å². The largest absolute Gasteiger partial charge is 0.497 e. The number of anilines is 1. The molecular weight excluding hydrogens is 414 g/mol. The molecule has 33 heavy (non-hydrogen) atoms. The van der Waals surface area contributed by atoms with Crippen molar-refractivity contribution in [2.45, 2.75) is 24.9 Å². The minimum Gasteiger partial charge on any atom is -0.497 e. The third-order valence-electron chi connectivity index (χ3n) is 6.74. The van der Waals surface area contributed by atoms with Crippen LogP contribution in [0, 0.1) is 0 Å². The monoisotopic (exact) mass is 445 g/mol. The number of ether oxygens (including phenoxy) is 1. The number of aliphatic hydroxyl groups is 1. The molecule has 5 rings (SSSR count). The fraction of sp³-hybridized carbons (Fsp3) is 0.385. The Labute approximate surface area is 194 Å². The van der Waals surface area contributed by atoms with Crippen LogP contribution in [0.5, 0.6) is 5.75 Å². The number of nitrogens with zero attached hydrogens (tertiary/aromatic N) is 5. The summed E-state index contributed by atoms with van der Waals surface area (Å²) < 4.78 is 7.34. The summed E-state index contributed by atoms with van der Waals surface area (Å²) in [5.41, 5.74) is 3.38. The molecule has 3 heterocycles. The van der Waals surface area contributed by atoms with Gasteiger partial charge >= 0.3 is 0 Å². The van der Waals surface area contributed by atoms with E-state index in [4.69, 9.17) is 9.72 Å². The maximum Gasteiger partial charge on any atom is 0.139 e. The summed E-state index contributed by atoms with van der Waals surface area (Å²) in [7, 11) is 5.77. The highest BCUT2D eigenvalue weighted by atomic mass is 16.5. The molecule has 1 saturated heterocycles. The maximum atomic E-state index is 11.0. The molecule has 0 amide bonds. The van der Waals surface area contributed by atoms with Crippen molar-refractivity contribution in [1.29, 1.82) is 0 Å². The smallest absolute Gasteiger partial charge is 0.139 e. The van der Waals surface area contributed by atoms with E-state index in [1.54, 1.807) is 7.11 Å². The van der Waals surface area contributed by atoms with Crippen molar-refractivity contribution in [3.8, 4) is 11.6 Å². The van der Waals surface area contributed by atoms with Crippen LogP contribution in [-0.2, 0) is 0 Å². The number of fused-ring (bicyclic) bond motifs is 2. The van der Waals surface area contributed by atoms with Gasteiger partial charge in [0.05, 0.1) is 34.9 Å². The van der Waals surface area contributed by atoms with Crippen molar-refractivity contribution >= 4 is 27.6 Å². The Morgan fingerprint density at radius 1 is 1.09 bits per heavy atom. The van der Waals surface area contributed by atoms with Gasteiger partial charge in [-0.2, -0.15) is 0 Å². The van der Waals surface area contributed by atoms with Gasteiger partial charge in [-0.15, -0.1) is 0 Å². The van der Waals surface area contributed by atoms with E-state index in [1.165, 1.54) is 0 Å². The molecule has 1 aliphatic rings. The number of aromatic nitrogens is 3. The van der Waals surface area contributed by atoms with Crippen molar-refractivity contribution < 1.29 is 9.84 Å². The van der Waals surface area contributed by atoms with Gasteiger partial charge in [-0.3, -0.25) is 4.57 Å². The molecule has 4 aromatic rings. The molecule has 1 fully saturated rings. The van der Waals surface area contributed by atoms with E-state index in [9.17, 15) is 5.11 Å². The standard InChI is InChI=1S/C26H31N5O2/c1-29(2)14-11-26(32)12-15-30(16-13-26)23-6-4-5-19-7-10-24(28-25(19)23)31-18-27-21-17-20(33-3)8-9-22(21)31/h4-10,17-18,32H,11-16H2,1-3H3. The fourth-order valence-electron chi connectivity index (χ4n) is 4.66. The molecular formula is C26H31N5O2. The number of hydrogen-bond acceptors (Lipinski definition) is 6. The lowest BCUT2D eigenvalue weighted by Crippen LogP contribution is -2.45. The molecule has 0 aliphatic carbocycles. The summed E-state index contributed by atoms with van der Waals surface area (Å²) in [6, 6.07) is 16.4. The summed E-state index contributed by atoms with van der Waals surface area (Å²) in [6.45, 7) is 2.55. The molecule has 7 heteroatoms. The van der Waals surface area contributed by atoms with Gasteiger partial charge in [-0.1, -0.05) is 12.1 Å². The normalized spacial score (nSPS) is 16.1. The van der Waals surface area contributed by atoms with E-state index >= 15 is 0 Å². The lowest BCUT2D eigenvalue weighted by molar-refractivity contribution is 0.00274. The number of rotatable bonds is 6. The highest BCUT2D eigenvalue weighted by Crippen LogP contribution is 2.33. The van der Waals surface area contributed by atoms with Crippen LogP contribution in [0.1, 0.15) is 19.3 Å². The van der Waals surface area contributed by atoms with E-state index in [1.807, 2.05) is 35.2 Å². The topological polar surface area (TPSA) is 66.7 Å². The maximum absolute atomic E-state index is 11.0. The number of hydrogen-bond donors (Lipinski definition) is 1. The predicted molar refractivity (Wildman–Crippen MR) is 132 cm³/mol. The second-order valence-corrected chi connectivity index (χ2v) is 9.25. The second-order valence-electron chi connectivity index (χ2n) is 9.25. The van der Waals surface area contributed by atoms with E-state index < -0.39 is 5.60 Å². The lowest BCUT2D eigenvalue weighted by Gasteiger charge is -2.40. The first kappa shape index (κ1) is 21.7. The van der Waals surface area contributed by atoms with E-state index in [-0.39, 0.29) is 0 Å². The van der Waals surface area contributed by atoms with Crippen LogP contribution in [0.2, 0.25) is 0 Å². The molecule has 2 aromatic heterocycles. The SMILES string of the molecule is COc1ccc2c(c1)ncn2-c1ccc2cccc(N3CCC(O)(CCN(C)C)CC3)c2n1. The minimum atomic E-state index is -0.583. The average molecular weight is 446 g/mol. The van der Waals surface area contributed by atoms with Crippen LogP contribution in [0.3, 0.4) is 0 Å². The van der Waals surface area contributed by atoms with Crippen LogP contribution < -0.4 is 9.64 Å². The van der Waals surface area contributed by atoms with Gasteiger partial charge < -0.3 is 19.6 Å². The average Bonchev–Trinajstić information content (AvgIpc) is 3.26. The summed E-state index contributed by atoms with van der Waals surface area (Å²) >= 11 is 0. The molecule has 0 atom stereocenters. The zero-order valence-electron chi connectivity index (χ0n) is 19.5. The Kier molecular flexibility index (Phi) is 5.68. The lowest BCUT2D eigenvalue weighted by atomic mass is 9.87. The van der Waals surface area contributed by atoms with Gasteiger partial charge in [0.1, 0.15) is 17.9 Å². The van der Waals surface area contributed by atoms with Crippen molar-refractivity contribution in [1.82, 2.24) is 19.4 Å². The Hall–Kier alpha value is -3.16. The van der Waals surface area contributed by atoms with Gasteiger partial charge in [-0.25, -0.2) is 9.97 Å². The minimum absolute atomic E-state index is 0.583. The van der Waals surface area contributed by atoms with Crippen molar-refractivity contribution in [2.75, 3.05) is 45.7 Å². The molecule has 2 aromatic carbocycles. The highest BCUT2D eigenvalue weighted by Gasteiger charge is 2.32. The zero-order chi connectivity index (χ0) is 23.0. The van der Waals surface area contributed by atoms with E-state index in [0.29, 0.717) is 0 Å². The Bertz CT molecular complexity index is 1270. The Balaban J connectivity index is 1.45. The molecule has 7 nitrogen and oxygen atoms in total. The highest BCUT2D eigenvalue weighted by molar-refractivity contribution is 5.92. The first-order chi connectivity index (χ1) is 16.0. The van der Waals surface area contributed by atoms with Crippen LogP contribution in [0.4, 0.5) is 5.69 Å². The molecule has 1 aliphatic heterocycles. The van der Waals surface area contributed by atoms with Gasteiger partial charge in [0.25, 0.3) is 0 Å². The van der Waals surface area contributed by atoms with Crippen LogP contribution in [-0.4, -0.2) is 71.0 Å². The van der Waals surface area contributed by atoms with Crippen LogP contribution in [0.25, 0.3) is 27.8 Å². The molecule has 0 radical (unpaired) electrons. The third-order valence-corrected chi connectivity index (χ3v) is 6.74. The molecule has 0 saturated carbocycles. The fourth-order valence-corrected chi connectivity index (χ4v) is 4.66. The third kappa shape index (κ3) is 4.26. The second kappa shape index (κ2) is 8.65. The number of para-hydroxylation sites is 1. The van der Waals surface area contributed by atoms with Crippen molar-refractivity contribution in [3.63, 3.8) is 0 Å². The first-order valence-electron chi connectivity index (χ1n) is 11.5. The van der Waals surface area contributed by atoms with Gasteiger partial charge in [0, 0.05) is 31.1 Å². The molecule has 172 valence electrons. The summed E-state index contributed by atoms with van der Waals surface area (Å²) in [5.74, 6) is 1.62. The van der Waals surface area contributed by atoms with E-state index in [2.05, 4.69) is 53.1 Å². The number of methoxy groups -OCH3 is 1. The number of pyridine rings is 1. The number of benzene rings is 2. The number of piperidine rings is 1. The molecule has 0 unspecified atom stereocenters. The Morgan fingerprint density at radius 2 is 1.91 bits per heavy atom. The molecule has 1 N–H and O–H groups in total. The van der Waals surface area contributed by atoms with Crippen molar-refractivity contribution in [3.05, 3.63) is 54.9 Å². The van der Waals surface area contributed by atoms with E-state index in [0.717, 1.165) is 78.1 Å². The molecule has 0 bridgehead atoms. The Morgan fingerprint density at radius 3 is 2.67 bits per heavy atom. The van der Waals surface area contributed by atoms with Gasteiger partial charge in [0.15, 0.2) is 0 Å².